The highest BCUT2D eigenvalue weighted by molar-refractivity contribution is 5.86. The lowest BCUT2D eigenvalue weighted by atomic mass is 9.77. The molecule has 1 saturated carbocycles. The highest BCUT2D eigenvalue weighted by Gasteiger charge is 2.75. The summed E-state index contributed by atoms with van der Waals surface area (Å²) in [5.74, 6) is -0.179. The number of hydrogen-bond donors (Lipinski definition) is 0. The van der Waals surface area contributed by atoms with E-state index in [1.807, 2.05) is 30.3 Å². The zero-order valence-electron chi connectivity index (χ0n) is 14.2. The van der Waals surface area contributed by atoms with Crippen LogP contribution in [0.2, 0.25) is 0 Å². The van der Waals surface area contributed by atoms with Gasteiger partial charge in [-0.05, 0) is 24.8 Å². The third-order valence-electron chi connectivity index (χ3n) is 5.31. The number of rotatable bonds is 7. The van der Waals surface area contributed by atoms with E-state index in [1.54, 1.807) is 0 Å². The van der Waals surface area contributed by atoms with Crippen molar-refractivity contribution in [2.75, 3.05) is 6.61 Å². The molecule has 3 heteroatoms. The van der Waals surface area contributed by atoms with Crippen LogP contribution in [-0.4, -0.2) is 18.2 Å². The summed E-state index contributed by atoms with van der Waals surface area (Å²) in [5, 5.41) is 0. The molecule has 126 valence electrons. The molecule has 0 bridgehead atoms. The lowest BCUT2D eigenvalue weighted by Gasteiger charge is -2.23. The number of ether oxygens (including phenoxy) is 2. The van der Waals surface area contributed by atoms with Gasteiger partial charge in [0, 0.05) is 0 Å². The molecule has 0 amide bonds. The SMILES string of the molecule is CCCCCCOC(=O)C1(c2ccccc2)OC12CCCCC2. The van der Waals surface area contributed by atoms with Gasteiger partial charge >= 0.3 is 5.97 Å². The molecule has 0 aromatic heterocycles. The predicted octanol–water partition coefficient (Wildman–Crippen LogP) is 4.74. The first-order chi connectivity index (χ1) is 11.3. The topological polar surface area (TPSA) is 38.8 Å². The Kier molecular flexibility index (Phi) is 5.05. The molecule has 1 atom stereocenters. The number of esters is 1. The van der Waals surface area contributed by atoms with Gasteiger partial charge in [0.25, 0.3) is 0 Å². The number of carbonyl (C=O) groups excluding carboxylic acids is 1. The van der Waals surface area contributed by atoms with E-state index in [0.29, 0.717) is 6.61 Å². The summed E-state index contributed by atoms with van der Waals surface area (Å²) in [7, 11) is 0. The van der Waals surface area contributed by atoms with Crippen molar-refractivity contribution < 1.29 is 14.3 Å². The van der Waals surface area contributed by atoms with Crippen LogP contribution in [0.15, 0.2) is 30.3 Å². The number of epoxide rings is 1. The minimum absolute atomic E-state index is 0.179. The Morgan fingerprint density at radius 1 is 1.09 bits per heavy atom. The van der Waals surface area contributed by atoms with Crippen molar-refractivity contribution in [2.24, 2.45) is 0 Å². The minimum atomic E-state index is -0.848. The van der Waals surface area contributed by atoms with Gasteiger partial charge in [-0.2, -0.15) is 0 Å². The smallest absolute Gasteiger partial charge is 0.346 e. The Labute approximate surface area is 139 Å². The van der Waals surface area contributed by atoms with Crippen LogP contribution in [0, 0.1) is 0 Å². The molecule has 1 aromatic rings. The number of benzene rings is 1. The molecule has 23 heavy (non-hydrogen) atoms. The molecule has 1 heterocycles. The van der Waals surface area contributed by atoms with E-state index in [1.165, 1.54) is 19.3 Å². The maximum Gasteiger partial charge on any atom is 0.346 e. The van der Waals surface area contributed by atoms with Crippen molar-refractivity contribution in [1.82, 2.24) is 0 Å². The molecule has 3 rings (SSSR count). The molecular weight excluding hydrogens is 288 g/mol. The Hall–Kier alpha value is -1.35. The molecule has 1 aromatic carbocycles. The van der Waals surface area contributed by atoms with Crippen molar-refractivity contribution in [2.45, 2.75) is 75.9 Å². The van der Waals surface area contributed by atoms with E-state index < -0.39 is 5.60 Å². The first-order valence-electron chi connectivity index (χ1n) is 9.18. The van der Waals surface area contributed by atoms with Crippen LogP contribution in [0.1, 0.15) is 70.3 Å². The quantitative estimate of drug-likeness (QED) is 0.414. The van der Waals surface area contributed by atoms with Crippen LogP contribution < -0.4 is 0 Å². The van der Waals surface area contributed by atoms with E-state index >= 15 is 0 Å². The van der Waals surface area contributed by atoms with Gasteiger partial charge in [0.2, 0.25) is 5.60 Å². The van der Waals surface area contributed by atoms with Crippen LogP contribution >= 0.6 is 0 Å². The lowest BCUT2D eigenvalue weighted by molar-refractivity contribution is -0.150. The summed E-state index contributed by atoms with van der Waals surface area (Å²) < 4.78 is 11.8. The Morgan fingerprint density at radius 3 is 2.52 bits per heavy atom. The second kappa shape index (κ2) is 7.04. The number of hydrogen-bond acceptors (Lipinski definition) is 3. The van der Waals surface area contributed by atoms with Crippen LogP contribution in [0.4, 0.5) is 0 Å². The highest BCUT2D eigenvalue weighted by Crippen LogP contribution is 2.63. The fourth-order valence-electron chi connectivity index (χ4n) is 3.98. The average molecular weight is 316 g/mol. The lowest BCUT2D eigenvalue weighted by Crippen LogP contribution is -2.35. The van der Waals surface area contributed by atoms with Crippen LogP contribution in [-0.2, 0) is 19.9 Å². The fraction of sp³-hybridized carbons (Fsp3) is 0.650. The van der Waals surface area contributed by atoms with E-state index in [9.17, 15) is 4.79 Å². The van der Waals surface area contributed by atoms with Gasteiger partial charge in [0.1, 0.15) is 5.60 Å². The summed E-state index contributed by atoms with van der Waals surface area (Å²) in [6.45, 7) is 2.69. The van der Waals surface area contributed by atoms with Gasteiger partial charge in [0.15, 0.2) is 0 Å². The maximum absolute atomic E-state index is 12.9. The van der Waals surface area contributed by atoms with Crippen LogP contribution in [0.3, 0.4) is 0 Å². The maximum atomic E-state index is 12.9. The van der Waals surface area contributed by atoms with Crippen molar-refractivity contribution >= 4 is 5.97 Å². The molecule has 2 aliphatic rings. The van der Waals surface area contributed by atoms with Crippen molar-refractivity contribution in [1.29, 1.82) is 0 Å². The predicted molar refractivity (Wildman–Crippen MR) is 90.1 cm³/mol. The zero-order valence-corrected chi connectivity index (χ0v) is 14.2. The summed E-state index contributed by atoms with van der Waals surface area (Å²) in [4.78, 5) is 12.9. The van der Waals surface area contributed by atoms with Crippen molar-refractivity contribution in [3.05, 3.63) is 35.9 Å². The first-order valence-corrected chi connectivity index (χ1v) is 9.18. The number of carbonyl (C=O) groups is 1. The summed E-state index contributed by atoms with van der Waals surface area (Å²) in [6, 6.07) is 9.93. The van der Waals surface area contributed by atoms with E-state index in [-0.39, 0.29) is 11.6 Å². The second-order valence-electron chi connectivity index (χ2n) is 6.90. The average Bonchev–Trinajstić information content (AvgIpc) is 3.24. The summed E-state index contributed by atoms with van der Waals surface area (Å²) >= 11 is 0. The molecule has 1 spiro atoms. The van der Waals surface area contributed by atoms with E-state index in [0.717, 1.165) is 44.1 Å². The van der Waals surface area contributed by atoms with Gasteiger partial charge in [-0.1, -0.05) is 75.8 Å². The monoisotopic (exact) mass is 316 g/mol. The van der Waals surface area contributed by atoms with Gasteiger partial charge in [-0.25, -0.2) is 4.79 Å². The molecule has 1 aliphatic heterocycles. The normalized spacial score (nSPS) is 25.3. The molecule has 1 aliphatic carbocycles. The van der Waals surface area contributed by atoms with Gasteiger partial charge < -0.3 is 9.47 Å². The molecular formula is C20H28O3. The third kappa shape index (κ3) is 3.03. The van der Waals surface area contributed by atoms with Crippen LogP contribution in [0.25, 0.3) is 0 Å². The van der Waals surface area contributed by atoms with Crippen molar-refractivity contribution in [3.8, 4) is 0 Å². The molecule has 1 unspecified atom stereocenters. The molecule has 0 radical (unpaired) electrons. The highest BCUT2D eigenvalue weighted by atomic mass is 16.7. The van der Waals surface area contributed by atoms with E-state index in [2.05, 4.69) is 6.92 Å². The van der Waals surface area contributed by atoms with Gasteiger partial charge in [-0.15, -0.1) is 0 Å². The van der Waals surface area contributed by atoms with Crippen LogP contribution in [0.5, 0.6) is 0 Å². The summed E-state index contributed by atoms with van der Waals surface area (Å²) in [6.07, 6.45) is 9.89. The van der Waals surface area contributed by atoms with Gasteiger partial charge in [-0.3, -0.25) is 0 Å². The first kappa shape index (κ1) is 16.5. The second-order valence-corrected chi connectivity index (χ2v) is 6.90. The summed E-state index contributed by atoms with van der Waals surface area (Å²) in [5.41, 5.74) is -0.201. The number of unbranched alkanes of at least 4 members (excludes halogenated alkanes) is 3. The Morgan fingerprint density at radius 2 is 1.83 bits per heavy atom. The molecule has 2 fully saturated rings. The Balaban J connectivity index is 1.71. The Bertz CT molecular complexity index is 519. The largest absolute Gasteiger partial charge is 0.463 e. The third-order valence-corrected chi connectivity index (χ3v) is 5.31. The fourth-order valence-corrected chi connectivity index (χ4v) is 3.98. The molecule has 3 nitrogen and oxygen atoms in total. The molecule has 1 saturated heterocycles. The minimum Gasteiger partial charge on any atom is -0.463 e. The molecule has 0 N–H and O–H groups in total. The standard InChI is InChI=1S/C20H28O3/c1-2-3-4-11-16-22-18(21)20(17-12-7-5-8-13-17)19(23-20)14-9-6-10-15-19/h5,7-8,12-13H,2-4,6,9-11,14-16H2,1H3. The van der Waals surface area contributed by atoms with Crippen molar-refractivity contribution in [3.63, 3.8) is 0 Å². The van der Waals surface area contributed by atoms with Gasteiger partial charge in [0.05, 0.1) is 6.61 Å². The van der Waals surface area contributed by atoms with E-state index in [4.69, 9.17) is 9.47 Å². The zero-order chi connectivity index (χ0) is 16.2.